The molecule has 0 amide bonds. The highest BCUT2D eigenvalue weighted by atomic mass is 32.1. The fourth-order valence-corrected chi connectivity index (χ4v) is 3.28. The molecule has 0 bridgehead atoms. The third-order valence-corrected chi connectivity index (χ3v) is 4.41. The minimum absolute atomic E-state index is 0.122. The van der Waals surface area contributed by atoms with Gasteiger partial charge in [-0.2, -0.15) is 0 Å². The van der Waals surface area contributed by atoms with Gasteiger partial charge in [-0.3, -0.25) is 4.79 Å². The number of hydrogen-bond acceptors (Lipinski definition) is 6. The van der Waals surface area contributed by atoms with Crippen LogP contribution in [0.2, 0.25) is 0 Å². The number of aromatic nitrogens is 1. The maximum absolute atomic E-state index is 11.3. The Morgan fingerprint density at radius 1 is 1.55 bits per heavy atom. The van der Waals surface area contributed by atoms with E-state index in [2.05, 4.69) is 16.0 Å². The van der Waals surface area contributed by atoms with E-state index in [1.54, 1.807) is 11.3 Å². The van der Waals surface area contributed by atoms with Crippen molar-refractivity contribution in [2.24, 2.45) is 0 Å². The van der Waals surface area contributed by atoms with Gasteiger partial charge in [0.15, 0.2) is 5.13 Å². The van der Waals surface area contributed by atoms with Gasteiger partial charge in [0.1, 0.15) is 0 Å². The van der Waals surface area contributed by atoms with Crippen molar-refractivity contribution in [3.63, 3.8) is 0 Å². The third kappa shape index (κ3) is 2.76. The summed E-state index contributed by atoms with van der Waals surface area (Å²) in [5, 5.41) is 0.990. The average molecular weight is 292 g/mol. The van der Waals surface area contributed by atoms with E-state index in [0.717, 1.165) is 17.2 Å². The number of anilines is 1. The summed E-state index contributed by atoms with van der Waals surface area (Å²) >= 11 is 1.67. The first-order valence-corrected chi connectivity index (χ1v) is 7.37. The van der Waals surface area contributed by atoms with Gasteiger partial charge < -0.3 is 14.4 Å². The molecule has 0 spiro atoms. The summed E-state index contributed by atoms with van der Waals surface area (Å²) in [6, 6.07) is 8.10. The number of thiazole rings is 1. The number of ether oxygens (including phenoxy) is 2. The molecule has 2 aromatic rings. The lowest BCUT2D eigenvalue weighted by atomic mass is 10.2. The Morgan fingerprint density at radius 3 is 3.20 bits per heavy atom. The van der Waals surface area contributed by atoms with Crippen LogP contribution >= 0.6 is 11.3 Å². The number of nitrogens with zero attached hydrogens (tertiary/aromatic N) is 2. The van der Waals surface area contributed by atoms with Crippen LogP contribution in [0.15, 0.2) is 24.3 Å². The van der Waals surface area contributed by atoms with Gasteiger partial charge in [0.05, 0.1) is 36.5 Å². The molecule has 20 heavy (non-hydrogen) atoms. The van der Waals surface area contributed by atoms with E-state index < -0.39 is 0 Å². The molecule has 0 N–H and O–H groups in total. The lowest BCUT2D eigenvalue weighted by Crippen LogP contribution is -2.43. The van der Waals surface area contributed by atoms with Gasteiger partial charge in [-0.15, -0.1) is 0 Å². The number of methoxy groups -OCH3 is 1. The largest absolute Gasteiger partial charge is 0.469 e. The molecule has 1 unspecified atom stereocenters. The minimum Gasteiger partial charge on any atom is -0.469 e. The molecule has 1 aromatic carbocycles. The zero-order valence-corrected chi connectivity index (χ0v) is 12.1. The second kappa shape index (κ2) is 5.76. The molecule has 1 aliphatic heterocycles. The lowest BCUT2D eigenvalue weighted by Gasteiger charge is -2.32. The highest BCUT2D eigenvalue weighted by Crippen LogP contribution is 2.29. The van der Waals surface area contributed by atoms with E-state index in [0.29, 0.717) is 13.2 Å². The van der Waals surface area contributed by atoms with Crippen molar-refractivity contribution in [3.05, 3.63) is 24.3 Å². The molecule has 0 aliphatic carbocycles. The topological polar surface area (TPSA) is 51.7 Å². The van der Waals surface area contributed by atoms with Crippen molar-refractivity contribution in [3.8, 4) is 0 Å². The number of carbonyl (C=O) groups excluding carboxylic acids is 1. The molecule has 1 atom stereocenters. The fraction of sp³-hybridized carbons (Fsp3) is 0.429. The fourth-order valence-electron chi connectivity index (χ4n) is 2.28. The van der Waals surface area contributed by atoms with Gasteiger partial charge in [0, 0.05) is 13.1 Å². The van der Waals surface area contributed by atoms with E-state index in [1.165, 1.54) is 11.8 Å². The quantitative estimate of drug-likeness (QED) is 0.811. The van der Waals surface area contributed by atoms with Crippen molar-refractivity contribution < 1.29 is 14.3 Å². The number of benzene rings is 1. The van der Waals surface area contributed by atoms with Gasteiger partial charge in [0.25, 0.3) is 0 Å². The number of fused-ring (bicyclic) bond motifs is 1. The molecule has 2 heterocycles. The Labute approximate surface area is 121 Å². The van der Waals surface area contributed by atoms with Crippen LogP contribution in [0.4, 0.5) is 5.13 Å². The monoisotopic (exact) mass is 292 g/mol. The Bertz CT molecular complexity index is 580. The number of rotatable bonds is 3. The Balaban J connectivity index is 1.74. The number of morpholine rings is 1. The van der Waals surface area contributed by atoms with Crippen LogP contribution in [0.3, 0.4) is 0 Å². The summed E-state index contributed by atoms with van der Waals surface area (Å²) in [5.41, 5.74) is 1.02. The molecule has 0 radical (unpaired) electrons. The summed E-state index contributed by atoms with van der Waals surface area (Å²) in [7, 11) is 1.40. The first-order chi connectivity index (χ1) is 9.76. The summed E-state index contributed by atoms with van der Waals surface area (Å²) in [4.78, 5) is 18.2. The maximum atomic E-state index is 11.3. The Morgan fingerprint density at radius 2 is 2.40 bits per heavy atom. The second-order valence-electron chi connectivity index (χ2n) is 4.68. The number of carbonyl (C=O) groups is 1. The SMILES string of the molecule is COC(=O)CC1CN(c2nc3ccccc3s2)CCO1. The molecule has 1 aliphatic rings. The van der Waals surface area contributed by atoms with Gasteiger partial charge in [0.2, 0.25) is 0 Å². The molecule has 1 fully saturated rings. The Hall–Kier alpha value is -1.66. The van der Waals surface area contributed by atoms with Crippen molar-refractivity contribution in [2.75, 3.05) is 31.7 Å². The summed E-state index contributed by atoms with van der Waals surface area (Å²) in [5.74, 6) is -0.235. The van der Waals surface area contributed by atoms with E-state index in [9.17, 15) is 4.79 Å². The van der Waals surface area contributed by atoms with E-state index in [1.807, 2.05) is 18.2 Å². The van der Waals surface area contributed by atoms with E-state index in [-0.39, 0.29) is 18.5 Å². The smallest absolute Gasteiger partial charge is 0.308 e. The van der Waals surface area contributed by atoms with Crippen molar-refractivity contribution in [2.45, 2.75) is 12.5 Å². The maximum Gasteiger partial charge on any atom is 0.308 e. The van der Waals surface area contributed by atoms with E-state index >= 15 is 0 Å². The van der Waals surface area contributed by atoms with Crippen LogP contribution in [0, 0.1) is 0 Å². The number of para-hydroxylation sites is 1. The Kier molecular flexibility index (Phi) is 3.84. The molecule has 6 heteroatoms. The van der Waals surface area contributed by atoms with Crippen LogP contribution in [0.5, 0.6) is 0 Å². The molecule has 0 saturated carbocycles. The number of esters is 1. The van der Waals surface area contributed by atoms with Crippen molar-refractivity contribution in [1.29, 1.82) is 0 Å². The molecule has 1 saturated heterocycles. The predicted molar refractivity (Wildman–Crippen MR) is 78.2 cm³/mol. The second-order valence-corrected chi connectivity index (χ2v) is 5.69. The summed E-state index contributed by atoms with van der Waals surface area (Å²) in [6.45, 7) is 2.09. The minimum atomic E-state index is -0.235. The summed E-state index contributed by atoms with van der Waals surface area (Å²) in [6.07, 6.45) is 0.168. The van der Waals surface area contributed by atoms with Gasteiger partial charge in [-0.1, -0.05) is 23.5 Å². The highest BCUT2D eigenvalue weighted by Gasteiger charge is 2.25. The van der Waals surface area contributed by atoms with Crippen molar-refractivity contribution >= 4 is 32.7 Å². The molecule has 1 aromatic heterocycles. The molecule has 106 valence electrons. The molecule has 3 rings (SSSR count). The van der Waals surface area contributed by atoms with Crippen molar-refractivity contribution in [1.82, 2.24) is 4.98 Å². The lowest BCUT2D eigenvalue weighted by molar-refractivity contribution is -0.144. The standard InChI is InChI=1S/C14H16N2O3S/c1-18-13(17)8-10-9-16(6-7-19-10)14-15-11-4-2-3-5-12(11)20-14/h2-5,10H,6-9H2,1H3. The zero-order chi connectivity index (χ0) is 13.9. The predicted octanol–water partition coefficient (Wildman–Crippen LogP) is 2.06. The normalized spacial score (nSPS) is 19.2. The first kappa shape index (κ1) is 13.3. The average Bonchev–Trinajstić information content (AvgIpc) is 2.91. The highest BCUT2D eigenvalue weighted by molar-refractivity contribution is 7.22. The van der Waals surface area contributed by atoms with Crippen LogP contribution in [0.1, 0.15) is 6.42 Å². The third-order valence-electron chi connectivity index (χ3n) is 3.31. The van der Waals surface area contributed by atoms with Gasteiger partial charge in [-0.25, -0.2) is 4.98 Å². The zero-order valence-electron chi connectivity index (χ0n) is 11.2. The molecule has 5 nitrogen and oxygen atoms in total. The molecular formula is C14H16N2O3S. The van der Waals surface area contributed by atoms with Gasteiger partial charge in [-0.05, 0) is 12.1 Å². The van der Waals surface area contributed by atoms with Crippen LogP contribution in [-0.4, -0.2) is 43.9 Å². The van der Waals surface area contributed by atoms with Crippen LogP contribution < -0.4 is 4.90 Å². The first-order valence-electron chi connectivity index (χ1n) is 6.55. The van der Waals surface area contributed by atoms with Crippen LogP contribution in [-0.2, 0) is 14.3 Å². The van der Waals surface area contributed by atoms with Crippen LogP contribution in [0.25, 0.3) is 10.2 Å². The van der Waals surface area contributed by atoms with Gasteiger partial charge >= 0.3 is 5.97 Å². The molecular weight excluding hydrogens is 276 g/mol. The number of hydrogen-bond donors (Lipinski definition) is 0. The summed E-state index contributed by atoms with van der Waals surface area (Å²) < 4.78 is 11.5. The van der Waals surface area contributed by atoms with E-state index in [4.69, 9.17) is 9.47 Å².